The molecule has 0 saturated carbocycles. The molecule has 6 heterocycles. The molecule has 40 nitrogen and oxygen atoms in total. The maximum absolute atomic E-state index is 12.0. The van der Waals surface area contributed by atoms with Gasteiger partial charge in [0.05, 0.1) is 39.3 Å². The van der Waals surface area contributed by atoms with Crippen molar-refractivity contribution >= 4 is 94.1 Å². The number of hydrogen-bond donors (Lipinski definition) is 14. The average Bonchev–Trinajstić information content (AvgIpc) is 0.809. The normalized spacial score (nSPS) is 20.8. The molecule has 6 aliphatic rings. The van der Waals surface area contributed by atoms with Gasteiger partial charge in [-0.05, 0) is 238 Å². The number of thioether (sulfide) groups is 2. The minimum atomic E-state index is -0.558. The lowest BCUT2D eigenvalue weighted by Gasteiger charge is -2.51. The van der Waals surface area contributed by atoms with Crippen molar-refractivity contribution in [3.05, 3.63) is 74.4 Å². The monoisotopic (exact) mass is 1960 g/mol. The number of carbonyl (C=O) groups is 12. The largest absolute Gasteiger partial charge is 0.461 e. The van der Waals surface area contributed by atoms with Crippen LogP contribution >= 0.6 is 23.5 Å². The maximum atomic E-state index is 12.0. The van der Waals surface area contributed by atoms with Crippen LogP contribution in [-0.4, -0.2) is 312 Å². The zero-order valence-corrected chi connectivity index (χ0v) is 86.9. The Balaban J connectivity index is 0.000000810. The van der Waals surface area contributed by atoms with Crippen molar-refractivity contribution in [3.8, 4) is 0 Å². The van der Waals surface area contributed by atoms with E-state index in [1.54, 1.807) is 20.8 Å². The van der Waals surface area contributed by atoms with Gasteiger partial charge in [0.25, 0.3) is 10.5 Å². The van der Waals surface area contributed by atoms with Crippen LogP contribution in [0.25, 0.3) is 0 Å². The van der Waals surface area contributed by atoms with Gasteiger partial charge in [-0.15, -0.1) is 0 Å². The molecule has 6 saturated heterocycles. The first kappa shape index (κ1) is 125. The lowest BCUT2D eigenvalue weighted by Crippen LogP contribution is -2.63. The maximum Gasteiger partial charge on any atom is 0.407 e. The predicted octanol–water partition coefficient (Wildman–Crippen LogP) is 12.9. The van der Waals surface area contributed by atoms with Crippen LogP contribution < -0.4 is 42.5 Å². The molecule has 0 radical (unpaired) electrons. The molecule has 774 valence electrons. The van der Waals surface area contributed by atoms with Gasteiger partial charge in [-0.2, -0.15) is 30.4 Å². The number of carbonyl (C=O) groups excluding carboxylic acids is 12. The molecule has 8 amide bonds. The van der Waals surface area contributed by atoms with E-state index in [0.29, 0.717) is 68.1 Å². The van der Waals surface area contributed by atoms with Gasteiger partial charge >= 0.3 is 60.1 Å². The molecule has 0 aromatic rings. The first-order valence-corrected chi connectivity index (χ1v) is 47.0. The summed E-state index contributed by atoms with van der Waals surface area (Å²) in [5.74, 6) is -2.95. The number of nitrogens with one attached hydrogen (secondary N) is 8. The van der Waals surface area contributed by atoms with Gasteiger partial charge in [-0.3, -0.25) is 9.59 Å². The highest BCUT2D eigenvalue weighted by molar-refractivity contribution is 8.14. The van der Waals surface area contributed by atoms with E-state index in [4.69, 9.17) is 37.9 Å². The summed E-state index contributed by atoms with van der Waals surface area (Å²) in [7, 11) is 0. The van der Waals surface area contributed by atoms with E-state index >= 15 is 0 Å². The molecule has 0 atom stereocenters. The summed E-state index contributed by atoms with van der Waals surface area (Å²) < 4.78 is 39.8. The summed E-state index contributed by atoms with van der Waals surface area (Å²) in [6, 6.07) is -0.692. The van der Waals surface area contributed by atoms with Gasteiger partial charge in [0.2, 0.25) is 0 Å². The molecule has 6 fully saturated rings. The molecule has 0 aromatic carbocycles. The SMILES string of the molecule is C=C(C)C(=O)OCCNC(=O)NC1CC(C)(C)N(O)C(C)(C)C1.C=C(C)C(=O)OCCNC(=O)OC1CC(C)(C)N(O)C(C)(C)C1.C=C(C)C(=O)OCCNC(=O)SC1CC(C)(C)N(O)C(C)(C)C1.C=CC(=O)OCCNC(=O)NC1CC(C)(C)N(O)C(C)(C)C1.C=CC(=O)OCCNC(=O)OC1CC(C)(C)N(O)C(C)(C)C1.C=CC(=O)OCCNC(=O)SC1CC(C)(C)N(O)C(C)(C)C1. The molecular formula is C93H164N14O26S2. The number of amides is 8. The molecule has 135 heavy (non-hydrogen) atoms. The van der Waals surface area contributed by atoms with Crippen LogP contribution in [0.15, 0.2) is 74.4 Å². The predicted molar refractivity (Wildman–Crippen MR) is 514 cm³/mol. The molecule has 0 spiro atoms. The standard InChI is InChI=1S/C16H29N3O4.C16H28N2O5.C16H28N2O4S.C15H27N3O4.C15H26N2O5.C15H26N2O4S/c1-11(2)13(20)23-8-7-17-14(21)18-12-9-15(3,4)19(22)16(5,6)10-12;2*1-11(2)13(19)22-8-7-17-14(20)23-12-9-15(3,4)18(21)16(5,6)10-12;1-6-12(19)22-8-7-16-13(20)17-11-9-14(2,3)18(21)15(4,5)10-11;2*1-6-12(18)21-8-7-16-13(19)22-11-9-14(2,3)17(20)15(4,5)10-11/h12,22H,1,7-10H2,2-6H3,(H2,17,18,21);2*12,21H,1,7-10H2,2-6H3,(H,17,20);6,11,21H,1,7-10H2,2-5H3,(H2,16,17,20);2*6,11,20H,1,7-10H2,2-5H3,(H,16,19). The number of nitrogens with zero attached hydrogens (tertiary/aromatic N) is 6. The van der Waals surface area contributed by atoms with Gasteiger partial charge in [0.1, 0.15) is 51.8 Å². The van der Waals surface area contributed by atoms with Gasteiger partial charge in [-0.1, -0.05) is 63.0 Å². The minimum absolute atomic E-state index is 0.0378. The number of urea groups is 2. The molecule has 0 aliphatic carbocycles. The van der Waals surface area contributed by atoms with Crippen molar-refractivity contribution in [3.63, 3.8) is 0 Å². The number of hydrogen-bond acceptors (Lipinski definition) is 34. The molecule has 6 aliphatic heterocycles. The first-order chi connectivity index (χ1) is 61.6. The average molecular weight is 1960 g/mol. The first-order valence-electron chi connectivity index (χ1n) is 45.3. The van der Waals surface area contributed by atoms with E-state index in [0.717, 1.165) is 43.9 Å². The Labute approximate surface area is 808 Å². The fraction of sp³-hybridized carbons (Fsp3) is 0.742. The van der Waals surface area contributed by atoms with Crippen LogP contribution in [0.3, 0.4) is 0 Å². The van der Waals surface area contributed by atoms with Crippen LogP contribution in [0.1, 0.15) is 264 Å². The topological polar surface area (TPSA) is 516 Å². The van der Waals surface area contributed by atoms with Gasteiger partial charge in [0, 0.05) is 150 Å². The van der Waals surface area contributed by atoms with E-state index < -0.39 is 92.3 Å². The third kappa shape index (κ3) is 44.5. The lowest BCUT2D eigenvalue weighted by molar-refractivity contribution is -0.256. The lowest BCUT2D eigenvalue weighted by atomic mass is 9.79. The van der Waals surface area contributed by atoms with Crippen molar-refractivity contribution in [2.45, 2.75) is 365 Å². The van der Waals surface area contributed by atoms with Crippen molar-refractivity contribution in [1.29, 1.82) is 0 Å². The van der Waals surface area contributed by atoms with Crippen LogP contribution in [-0.2, 0) is 66.7 Å². The highest BCUT2D eigenvalue weighted by Crippen LogP contribution is 2.45. The molecule has 42 heteroatoms. The van der Waals surface area contributed by atoms with Crippen LogP contribution in [0.5, 0.6) is 0 Å². The second kappa shape index (κ2) is 54.2. The van der Waals surface area contributed by atoms with Crippen molar-refractivity contribution in [1.82, 2.24) is 72.9 Å². The van der Waals surface area contributed by atoms with Gasteiger partial charge in [0.15, 0.2) is 0 Å². The summed E-state index contributed by atoms with van der Waals surface area (Å²) in [6.07, 6.45) is 9.11. The molecular weight excluding hydrogens is 1790 g/mol. The minimum Gasteiger partial charge on any atom is -0.461 e. The second-order valence-electron chi connectivity index (χ2n) is 41.9. The summed E-state index contributed by atoms with van der Waals surface area (Å²) in [5, 5.41) is 91.1. The molecule has 0 aromatic heterocycles. The number of ether oxygens (including phenoxy) is 8. The highest BCUT2D eigenvalue weighted by atomic mass is 32.2. The highest BCUT2D eigenvalue weighted by Gasteiger charge is 2.52. The van der Waals surface area contributed by atoms with Crippen LogP contribution in [0.2, 0.25) is 0 Å². The molecule has 0 unspecified atom stereocenters. The fourth-order valence-corrected chi connectivity index (χ4v) is 20.4. The Kier molecular flexibility index (Phi) is 50.0. The summed E-state index contributed by atoms with van der Waals surface area (Å²) in [4.78, 5) is 137. The van der Waals surface area contributed by atoms with Crippen LogP contribution in [0, 0.1) is 0 Å². The van der Waals surface area contributed by atoms with E-state index in [-0.39, 0.29) is 158 Å². The molecule has 0 bridgehead atoms. The summed E-state index contributed by atoms with van der Waals surface area (Å²) in [5.41, 5.74) is -4.13. The van der Waals surface area contributed by atoms with E-state index in [9.17, 15) is 88.8 Å². The van der Waals surface area contributed by atoms with E-state index in [2.05, 4.69) is 82.0 Å². The Hall–Kier alpha value is -8.50. The number of rotatable bonds is 30. The third-order valence-electron chi connectivity index (χ3n) is 22.7. The Morgan fingerprint density at radius 2 is 0.481 bits per heavy atom. The Morgan fingerprint density at radius 1 is 0.296 bits per heavy atom. The zero-order chi connectivity index (χ0) is 104. The van der Waals surface area contributed by atoms with Crippen molar-refractivity contribution in [2.75, 3.05) is 78.9 Å². The van der Waals surface area contributed by atoms with Gasteiger partial charge < -0.3 is 112 Å². The van der Waals surface area contributed by atoms with E-state index in [1.807, 2.05) is 166 Å². The number of hydroxylamine groups is 12. The van der Waals surface area contributed by atoms with Crippen LogP contribution in [0.4, 0.5) is 28.8 Å². The van der Waals surface area contributed by atoms with Crippen molar-refractivity contribution in [2.24, 2.45) is 0 Å². The van der Waals surface area contributed by atoms with E-state index in [1.165, 1.54) is 53.9 Å². The quantitative estimate of drug-likeness (QED) is 0.0137. The number of piperidine rings is 6. The molecule has 14 N–H and O–H groups in total. The summed E-state index contributed by atoms with van der Waals surface area (Å²) >= 11 is 2.49. The number of alkyl carbamates (subject to hydrolysis) is 2. The zero-order valence-electron chi connectivity index (χ0n) is 85.3. The fourth-order valence-electron chi connectivity index (χ4n) is 17.4. The summed E-state index contributed by atoms with van der Waals surface area (Å²) in [6.45, 7) is 73.4. The number of esters is 6. The Bertz CT molecular complexity index is 3520. The Morgan fingerprint density at radius 3 is 0.689 bits per heavy atom. The van der Waals surface area contributed by atoms with Crippen molar-refractivity contribution < 1.29 is 127 Å². The van der Waals surface area contributed by atoms with Gasteiger partial charge in [-0.25, -0.2) is 47.9 Å². The molecule has 6 rings (SSSR count). The second-order valence-corrected chi connectivity index (χ2v) is 44.5. The third-order valence-corrected chi connectivity index (χ3v) is 24.7. The smallest absolute Gasteiger partial charge is 0.407 e.